The van der Waals surface area contributed by atoms with E-state index in [0.717, 1.165) is 15.1 Å². The van der Waals surface area contributed by atoms with Crippen LogP contribution >= 0.6 is 27.7 Å². The number of anilines is 1. The number of hydrogen-bond acceptors (Lipinski definition) is 4. The molecule has 3 nitrogen and oxygen atoms in total. The molecule has 0 aromatic heterocycles. The first-order chi connectivity index (χ1) is 8.04. The summed E-state index contributed by atoms with van der Waals surface area (Å²) in [6, 6.07) is 5.66. The fourth-order valence-electron chi connectivity index (χ4n) is 1.13. The van der Waals surface area contributed by atoms with Crippen LogP contribution in [-0.4, -0.2) is 18.8 Å². The average Bonchev–Trinajstić information content (AvgIpc) is 2.30. The van der Waals surface area contributed by atoms with Crippen molar-refractivity contribution in [1.29, 1.82) is 0 Å². The number of nitrogen functional groups attached to an aromatic ring is 1. The van der Waals surface area contributed by atoms with Gasteiger partial charge in [-0.15, -0.1) is 11.8 Å². The minimum atomic E-state index is -0.290. The molecular weight excluding hydrogens is 302 g/mol. The van der Waals surface area contributed by atoms with Crippen LogP contribution in [0.4, 0.5) is 5.69 Å². The Morgan fingerprint density at radius 1 is 1.59 bits per heavy atom. The van der Waals surface area contributed by atoms with Crippen molar-refractivity contribution < 1.29 is 9.53 Å². The molecule has 0 spiro atoms. The third-order valence-corrected chi connectivity index (χ3v) is 4.01. The molecule has 0 saturated carbocycles. The summed E-state index contributed by atoms with van der Waals surface area (Å²) in [5, 5.41) is 0. The van der Waals surface area contributed by atoms with Gasteiger partial charge in [0, 0.05) is 26.4 Å². The third kappa shape index (κ3) is 4.44. The highest BCUT2D eigenvalue weighted by atomic mass is 79.9. The van der Waals surface area contributed by atoms with Gasteiger partial charge >= 0.3 is 5.97 Å². The summed E-state index contributed by atoms with van der Waals surface area (Å²) in [4.78, 5) is 12.2. The third-order valence-electron chi connectivity index (χ3n) is 2.09. The smallest absolute Gasteiger partial charge is 0.333 e. The van der Waals surface area contributed by atoms with E-state index in [4.69, 9.17) is 5.73 Å². The van der Waals surface area contributed by atoms with E-state index in [1.165, 1.54) is 7.11 Å². The molecule has 0 bridgehead atoms. The first-order valence-corrected chi connectivity index (χ1v) is 6.75. The average molecular weight is 316 g/mol. The number of carbonyl (C=O) groups excluding carboxylic acids is 1. The maximum absolute atomic E-state index is 11.1. The van der Waals surface area contributed by atoms with Gasteiger partial charge in [-0.25, -0.2) is 4.79 Å². The van der Waals surface area contributed by atoms with Crippen molar-refractivity contribution in [2.24, 2.45) is 0 Å². The Kier molecular flexibility index (Phi) is 5.58. The lowest BCUT2D eigenvalue weighted by Crippen LogP contribution is -2.01. The van der Waals surface area contributed by atoms with Crippen LogP contribution in [0.2, 0.25) is 0 Å². The molecule has 0 aliphatic heterocycles. The Morgan fingerprint density at radius 2 is 2.29 bits per heavy atom. The molecule has 17 heavy (non-hydrogen) atoms. The maximum atomic E-state index is 11.1. The predicted octanol–water partition coefficient (Wildman–Crippen LogP) is 3.24. The van der Waals surface area contributed by atoms with Crippen molar-refractivity contribution in [3.05, 3.63) is 34.3 Å². The Labute approximate surface area is 114 Å². The zero-order valence-corrected chi connectivity index (χ0v) is 12.1. The number of nitrogens with two attached hydrogens (primary N) is 1. The summed E-state index contributed by atoms with van der Waals surface area (Å²) < 4.78 is 5.58. The van der Waals surface area contributed by atoms with Gasteiger partial charge in [-0.2, -0.15) is 0 Å². The molecule has 0 radical (unpaired) electrons. The van der Waals surface area contributed by atoms with Crippen LogP contribution in [-0.2, 0) is 9.53 Å². The van der Waals surface area contributed by atoms with Gasteiger partial charge in [-0.1, -0.05) is 6.08 Å². The molecule has 0 aliphatic rings. The highest BCUT2D eigenvalue weighted by Gasteiger charge is 2.03. The lowest BCUT2D eigenvalue weighted by Gasteiger charge is -2.04. The fraction of sp³-hybridized carbons (Fsp3) is 0.250. The van der Waals surface area contributed by atoms with Gasteiger partial charge in [-0.05, 0) is 41.1 Å². The molecule has 92 valence electrons. The number of halogens is 1. The predicted molar refractivity (Wildman–Crippen MR) is 75.1 cm³/mol. The number of thioether (sulfide) groups is 1. The first-order valence-electron chi connectivity index (χ1n) is 4.97. The van der Waals surface area contributed by atoms with Gasteiger partial charge in [0.25, 0.3) is 0 Å². The van der Waals surface area contributed by atoms with Crippen molar-refractivity contribution in [2.45, 2.75) is 11.8 Å². The Bertz CT molecular complexity index is 446. The van der Waals surface area contributed by atoms with Crippen LogP contribution < -0.4 is 5.73 Å². The standard InChI is InChI=1S/C12H14BrNO2S/c1-8(12(15)16-2)5-6-17-11-4-3-9(14)7-10(11)13/h3-5,7H,6,14H2,1-2H3/b8-5+. The molecule has 0 heterocycles. The largest absolute Gasteiger partial charge is 0.466 e. The SMILES string of the molecule is COC(=O)/C(C)=C/CSc1ccc(N)cc1Br. The summed E-state index contributed by atoms with van der Waals surface area (Å²) in [7, 11) is 1.38. The van der Waals surface area contributed by atoms with Crippen LogP contribution in [0.5, 0.6) is 0 Å². The van der Waals surface area contributed by atoms with Crippen LogP contribution in [0.1, 0.15) is 6.92 Å². The fourth-order valence-corrected chi connectivity index (χ4v) is 2.75. The Morgan fingerprint density at radius 3 is 2.88 bits per heavy atom. The first kappa shape index (κ1) is 14.1. The van der Waals surface area contributed by atoms with E-state index in [0.29, 0.717) is 11.3 Å². The normalized spacial score (nSPS) is 11.4. The van der Waals surface area contributed by atoms with E-state index in [9.17, 15) is 4.79 Å². The summed E-state index contributed by atoms with van der Waals surface area (Å²) in [6.07, 6.45) is 1.85. The molecule has 2 N–H and O–H groups in total. The molecular formula is C12H14BrNO2S. The summed E-state index contributed by atoms with van der Waals surface area (Å²) in [6.45, 7) is 1.74. The van der Waals surface area contributed by atoms with E-state index in [1.54, 1.807) is 18.7 Å². The van der Waals surface area contributed by atoms with Gasteiger partial charge in [0.05, 0.1) is 7.11 Å². The van der Waals surface area contributed by atoms with E-state index in [2.05, 4.69) is 20.7 Å². The monoisotopic (exact) mass is 315 g/mol. The highest BCUT2D eigenvalue weighted by Crippen LogP contribution is 2.29. The number of benzene rings is 1. The van der Waals surface area contributed by atoms with Gasteiger partial charge in [-0.3, -0.25) is 0 Å². The Balaban J connectivity index is 2.59. The number of ether oxygens (including phenoxy) is 1. The molecule has 0 unspecified atom stereocenters. The number of rotatable bonds is 4. The van der Waals surface area contributed by atoms with Crippen molar-refractivity contribution in [2.75, 3.05) is 18.6 Å². The number of esters is 1. The van der Waals surface area contributed by atoms with Crippen LogP contribution in [0.25, 0.3) is 0 Å². The number of methoxy groups -OCH3 is 1. The summed E-state index contributed by atoms with van der Waals surface area (Å²) >= 11 is 5.07. The minimum Gasteiger partial charge on any atom is -0.466 e. The second kappa shape index (κ2) is 6.71. The van der Waals surface area contributed by atoms with Gasteiger partial charge in [0.2, 0.25) is 0 Å². The van der Waals surface area contributed by atoms with Gasteiger partial charge in [0.1, 0.15) is 0 Å². The minimum absolute atomic E-state index is 0.290. The quantitative estimate of drug-likeness (QED) is 0.401. The lowest BCUT2D eigenvalue weighted by molar-refractivity contribution is -0.136. The zero-order valence-electron chi connectivity index (χ0n) is 9.70. The van der Waals surface area contributed by atoms with E-state index < -0.39 is 0 Å². The second-order valence-corrected chi connectivity index (χ2v) is 5.30. The van der Waals surface area contributed by atoms with Crippen LogP contribution in [0, 0.1) is 0 Å². The summed E-state index contributed by atoms with van der Waals surface area (Å²) in [5.41, 5.74) is 6.99. The van der Waals surface area contributed by atoms with Crippen LogP contribution in [0.3, 0.4) is 0 Å². The van der Waals surface area contributed by atoms with E-state index >= 15 is 0 Å². The van der Waals surface area contributed by atoms with E-state index in [-0.39, 0.29) is 5.97 Å². The second-order valence-electron chi connectivity index (χ2n) is 3.38. The molecule has 0 fully saturated rings. The number of hydrogen-bond donors (Lipinski definition) is 1. The lowest BCUT2D eigenvalue weighted by atomic mass is 10.3. The van der Waals surface area contributed by atoms with E-state index in [1.807, 2.05) is 24.3 Å². The van der Waals surface area contributed by atoms with Gasteiger partial charge in [0.15, 0.2) is 0 Å². The van der Waals surface area contributed by atoms with Gasteiger partial charge < -0.3 is 10.5 Å². The maximum Gasteiger partial charge on any atom is 0.333 e. The molecule has 1 rings (SSSR count). The molecule has 0 atom stereocenters. The summed E-state index contributed by atoms with van der Waals surface area (Å²) in [5.74, 6) is 0.422. The van der Waals surface area contributed by atoms with Crippen molar-refractivity contribution in [1.82, 2.24) is 0 Å². The molecule has 1 aromatic carbocycles. The number of carbonyl (C=O) groups is 1. The molecule has 0 amide bonds. The van der Waals surface area contributed by atoms with Crippen molar-refractivity contribution in [3.8, 4) is 0 Å². The Hall–Kier alpha value is -0.940. The topological polar surface area (TPSA) is 52.3 Å². The van der Waals surface area contributed by atoms with Crippen LogP contribution in [0.15, 0.2) is 39.2 Å². The highest BCUT2D eigenvalue weighted by molar-refractivity contribution is 9.10. The molecule has 0 saturated heterocycles. The molecule has 5 heteroatoms. The zero-order chi connectivity index (χ0) is 12.8. The molecule has 1 aromatic rings. The molecule has 0 aliphatic carbocycles. The van der Waals surface area contributed by atoms with Crippen molar-refractivity contribution in [3.63, 3.8) is 0 Å². The van der Waals surface area contributed by atoms with Crippen molar-refractivity contribution >= 4 is 39.3 Å².